The second-order valence-electron chi connectivity index (χ2n) is 4.50. The monoisotopic (exact) mass is 302 g/mol. The van der Waals surface area contributed by atoms with Crippen LogP contribution < -0.4 is 14.2 Å². The summed E-state index contributed by atoms with van der Waals surface area (Å²) >= 11 is 0. The van der Waals surface area contributed by atoms with Crippen molar-refractivity contribution in [3.8, 4) is 17.2 Å². The van der Waals surface area contributed by atoms with Crippen molar-refractivity contribution < 1.29 is 18.9 Å². The first kappa shape index (κ1) is 16.2. The third kappa shape index (κ3) is 5.66. The SMILES string of the molecule is CCOc1ccccc1OCCOCCOc1ccccc1. The minimum Gasteiger partial charge on any atom is -0.491 e. The van der Waals surface area contributed by atoms with Crippen LogP contribution in [-0.2, 0) is 4.74 Å². The highest BCUT2D eigenvalue weighted by atomic mass is 16.6. The lowest BCUT2D eigenvalue weighted by molar-refractivity contribution is 0.0755. The molecule has 0 saturated carbocycles. The number of rotatable bonds is 10. The zero-order valence-electron chi connectivity index (χ0n) is 12.9. The number of benzene rings is 2. The van der Waals surface area contributed by atoms with Gasteiger partial charge in [0.1, 0.15) is 19.0 Å². The van der Waals surface area contributed by atoms with Gasteiger partial charge in [-0.05, 0) is 31.2 Å². The van der Waals surface area contributed by atoms with Crippen molar-refractivity contribution in [1.82, 2.24) is 0 Å². The molecule has 22 heavy (non-hydrogen) atoms. The van der Waals surface area contributed by atoms with Crippen molar-refractivity contribution in [2.75, 3.05) is 33.0 Å². The Morgan fingerprint density at radius 3 is 1.91 bits per heavy atom. The predicted octanol–water partition coefficient (Wildman–Crippen LogP) is 3.56. The van der Waals surface area contributed by atoms with Gasteiger partial charge < -0.3 is 18.9 Å². The van der Waals surface area contributed by atoms with Gasteiger partial charge in [0.05, 0.1) is 19.8 Å². The van der Waals surface area contributed by atoms with Crippen molar-refractivity contribution in [3.05, 3.63) is 54.6 Å². The maximum atomic E-state index is 5.66. The Morgan fingerprint density at radius 2 is 1.23 bits per heavy atom. The van der Waals surface area contributed by atoms with Gasteiger partial charge in [0.15, 0.2) is 11.5 Å². The summed E-state index contributed by atoms with van der Waals surface area (Å²) in [6.07, 6.45) is 0. The van der Waals surface area contributed by atoms with Crippen molar-refractivity contribution >= 4 is 0 Å². The first-order valence-corrected chi connectivity index (χ1v) is 7.50. The van der Waals surface area contributed by atoms with Gasteiger partial charge in [-0.3, -0.25) is 0 Å². The number of ether oxygens (including phenoxy) is 4. The normalized spacial score (nSPS) is 10.2. The van der Waals surface area contributed by atoms with E-state index in [0.717, 1.165) is 17.2 Å². The summed E-state index contributed by atoms with van der Waals surface area (Å²) in [4.78, 5) is 0. The third-order valence-electron chi connectivity index (χ3n) is 2.87. The molecule has 0 heterocycles. The number of hydrogen-bond acceptors (Lipinski definition) is 4. The summed E-state index contributed by atoms with van der Waals surface area (Å²) in [5.74, 6) is 2.36. The molecule has 0 saturated heterocycles. The minimum atomic E-state index is 0.482. The van der Waals surface area contributed by atoms with Gasteiger partial charge in [-0.25, -0.2) is 0 Å². The predicted molar refractivity (Wildman–Crippen MR) is 85.9 cm³/mol. The zero-order valence-corrected chi connectivity index (χ0v) is 12.9. The molecule has 0 atom stereocenters. The Bertz CT molecular complexity index is 528. The molecule has 0 aliphatic rings. The Balaban J connectivity index is 1.58. The Labute approximate surface area is 131 Å². The van der Waals surface area contributed by atoms with Crippen molar-refractivity contribution in [3.63, 3.8) is 0 Å². The second-order valence-corrected chi connectivity index (χ2v) is 4.50. The van der Waals surface area contributed by atoms with E-state index < -0.39 is 0 Å². The van der Waals surface area contributed by atoms with Crippen LogP contribution in [0.25, 0.3) is 0 Å². The molecule has 0 aliphatic carbocycles. The molecule has 0 bridgehead atoms. The van der Waals surface area contributed by atoms with Crippen molar-refractivity contribution in [2.24, 2.45) is 0 Å². The van der Waals surface area contributed by atoms with E-state index in [1.807, 2.05) is 61.5 Å². The van der Waals surface area contributed by atoms with Gasteiger partial charge >= 0.3 is 0 Å². The molecule has 2 aromatic rings. The molecule has 0 N–H and O–H groups in total. The van der Waals surface area contributed by atoms with Crippen LogP contribution in [0.15, 0.2) is 54.6 Å². The molecule has 4 heteroatoms. The van der Waals surface area contributed by atoms with E-state index in [1.54, 1.807) is 0 Å². The lowest BCUT2D eigenvalue weighted by Gasteiger charge is -2.12. The van der Waals surface area contributed by atoms with Crippen LogP contribution in [-0.4, -0.2) is 33.0 Å². The molecule has 0 radical (unpaired) electrons. The third-order valence-corrected chi connectivity index (χ3v) is 2.87. The Hall–Kier alpha value is -2.20. The van der Waals surface area contributed by atoms with E-state index in [1.165, 1.54) is 0 Å². The maximum Gasteiger partial charge on any atom is 0.161 e. The van der Waals surface area contributed by atoms with Crippen LogP contribution in [0.3, 0.4) is 0 Å². The lowest BCUT2D eigenvalue weighted by Crippen LogP contribution is -2.12. The van der Waals surface area contributed by atoms with Crippen LogP contribution in [0.2, 0.25) is 0 Å². The summed E-state index contributed by atoms with van der Waals surface area (Å²) in [5.41, 5.74) is 0. The smallest absolute Gasteiger partial charge is 0.161 e. The van der Waals surface area contributed by atoms with Crippen LogP contribution in [0.5, 0.6) is 17.2 Å². The van der Waals surface area contributed by atoms with Gasteiger partial charge in [0, 0.05) is 0 Å². The zero-order chi connectivity index (χ0) is 15.5. The van der Waals surface area contributed by atoms with Crippen LogP contribution >= 0.6 is 0 Å². The summed E-state index contributed by atoms with van der Waals surface area (Å²) < 4.78 is 22.2. The topological polar surface area (TPSA) is 36.9 Å². The molecule has 4 nitrogen and oxygen atoms in total. The molecular weight excluding hydrogens is 280 g/mol. The average Bonchev–Trinajstić information content (AvgIpc) is 2.56. The fraction of sp³-hybridized carbons (Fsp3) is 0.333. The molecule has 0 aliphatic heterocycles. The van der Waals surface area contributed by atoms with Gasteiger partial charge in [0.2, 0.25) is 0 Å². The van der Waals surface area contributed by atoms with Crippen molar-refractivity contribution in [2.45, 2.75) is 6.92 Å². The second kappa shape index (κ2) is 9.68. The molecule has 0 fully saturated rings. The van der Waals surface area contributed by atoms with Gasteiger partial charge in [-0.1, -0.05) is 30.3 Å². The minimum absolute atomic E-state index is 0.482. The molecule has 0 aromatic heterocycles. The standard InChI is InChI=1S/C18H22O4/c1-2-20-17-10-6-7-11-18(17)22-15-13-19-12-14-21-16-8-4-3-5-9-16/h3-11H,2,12-15H2,1H3. The summed E-state index contributed by atoms with van der Waals surface area (Å²) in [6, 6.07) is 17.3. The van der Waals surface area contributed by atoms with Crippen molar-refractivity contribution in [1.29, 1.82) is 0 Å². The Kier molecular flexibility index (Phi) is 7.12. The Morgan fingerprint density at radius 1 is 0.636 bits per heavy atom. The number of hydrogen-bond donors (Lipinski definition) is 0. The molecule has 2 rings (SSSR count). The fourth-order valence-corrected chi connectivity index (χ4v) is 1.89. The quantitative estimate of drug-likeness (QED) is 0.629. The van der Waals surface area contributed by atoms with Gasteiger partial charge in [-0.15, -0.1) is 0 Å². The van der Waals surface area contributed by atoms with Crippen LogP contribution in [0.4, 0.5) is 0 Å². The molecule has 118 valence electrons. The maximum absolute atomic E-state index is 5.66. The average molecular weight is 302 g/mol. The first-order chi connectivity index (χ1) is 10.9. The highest BCUT2D eigenvalue weighted by Gasteiger charge is 2.02. The molecular formula is C18H22O4. The number of para-hydroxylation sites is 3. The highest BCUT2D eigenvalue weighted by molar-refractivity contribution is 5.39. The van der Waals surface area contributed by atoms with E-state index >= 15 is 0 Å². The van der Waals surface area contributed by atoms with E-state index in [-0.39, 0.29) is 0 Å². The van der Waals surface area contributed by atoms with Gasteiger partial charge in [-0.2, -0.15) is 0 Å². The largest absolute Gasteiger partial charge is 0.491 e. The van der Waals surface area contributed by atoms with E-state index in [4.69, 9.17) is 18.9 Å². The van der Waals surface area contributed by atoms with Crippen LogP contribution in [0, 0.1) is 0 Å². The van der Waals surface area contributed by atoms with Crippen LogP contribution in [0.1, 0.15) is 6.92 Å². The first-order valence-electron chi connectivity index (χ1n) is 7.50. The summed E-state index contributed by atoms with van der Waals surface area (Å²) in [5, 5.41) is 0. The fourth-order valence-electron chi connectivity index (χ4n) is 1.89. The lowest BCUT2D eigenvalue weighted by atomic mass is 10.3. The van der Waals surface area contributed by atoms with E-state index in [0.29, 0.717) is 33.0 Å². The van der Waals surface area contributed by atoms with E-state index in [2.05, 4.69) is 0 Å². The molecule has 2 aromatic carbocycles. The molecule has 0 unspecified atom stereocenters. The molecule has 0 amide bonds. The summed E-state index contributed by atoms with van der Waals surface area (Å²) in [6.45, 7) is 4.62. The van der Waals surface area contributed by atoms with Gasteiger partial charge in [0.25, 0.3) is 0 Å². The summed E-state index contributed by atoms with van der Waals surface area (Å²) in [7, 11) is 0. The molecule has 0 spiro atoms. The highest BCUT2D eigenvalue weighted by Crippen LogP contribution is 2.26. The van der Waals surface area contributed by atoms with E-state index in [9.17, 15) is 0 Å².